The van der Waals surface area contributed by atoms with Gasteiger partial charge >= 0.3 is 5.97 Å². The van der Waals surface area contributed by atoms with Crippen LogP contribution in [0.5, 0.6) is 0 Å². The Morgan fingerprint density at radius 3 is 2.53 bits per heavy atom. The Bertz CT molecular complexity index is 412. The van der Waals surface area contributed by atoms with Crippen molar-refractivity contribution in [3.05, 3.63) is 17.8 Å². The van der Waals surface area contributed by atoms with Crippen LogP contribution >= 0.6 is 0 Å². The molecule has 2 heterocycles. The maximum absolute atomic E-state index is 11.2. The van der Waals surface area contributed by atoms with E-state index >= 15 is 0 Å². The molecule has 0 spiro atoms. The highest BCUT2D eigenvalue weighted by atomic mass is 16.4. The van der Waals surface area contributed by atoms with Crippen LogP contribution in [0.1, 0.15) is 36.0 Å². The lowest BCUT2D eigenvalue weighted by atomic mass is 10.2. The summed E-state index contributed by atoms with van der Waals surface area (Å²) in [7, 11) is 0. The molecule has 17 heavy (non-hydrogen) atoms. The summed E-state index contributed by atoms with van der Waals surface area (Å²) < 4.78 is 0. The monoisotopic (exact) mass is 235 g/mol. The Kier molecular flexibility index (Phi) is 3.46. The van der Waals surface area contributed by atoms with Crippen molar-refractivity contribution in [1.82, 2.24) is 4.98 Å². The second-order valence-corrected chi connectivity index (χ2v) is 4.35. The van der Waals surface area contributed by atoms with Crippen LogP contribution in [0.3, 0.4) is 0 Å². The van der Waals surface area contributed by atoms with E-state index < -0.39 is 5.97 Å². The number of hydrogen-bond acceptors (Lipinski definition) is 4. The van der Waals surface area contributed by atoms with Crippen molar-refractivity contribution in [2.45, 2.75) is 25.7 Å². The third-order valence-corrected chi connectivity index (χ3v) is 3.02. The van der Waals surface area contributed by atoms with Crippen molar-refractivity contribution in [3.63, 3.8) is 0 Å². The predicted octanol–water partition coefficient (Wildman–Crippen LogP) is 1.74. The van der Waals surface area contributed by atoms with E-state index in [1.54, 1.807) is 0 Å². The van der Waals surface area contributed by atoms with Gasteiger partial charge in [-0.3, -0.25) is 0 Å². The number of rotatable bonds is 2. The molecule has 2 rings (SSSR count). The van der Waals surface area contributed by atoms with Crippen molar-refractivity contribution < 1.29 is 9.90 Å². The minimum atomic E-state index is -0.968. The smallest absolute Gasteiger partial charge is 0.339 e. The number of nitrogen functional groups attached to an aromatic ring is 1. The number of aromatic carboxylic acids is 1. The average Bonchev–Trinajstić information content (AvgIpc) is 2.57. The highest BCUT2D eigenvalue weighted by Gasteiger charge is 2.18. The van der Waals surface area contributed by atoms with E-state index in [-0.39, 0.29) is 5.56 Å². The number of pyridine rings is 1. The molecule has 0 unspecified atom stereocenters. The van der Waals surface area contributed by atoms with E-state index in [0.717, 1.165) is 25.9 Å². The Hall–Kier alpha value is -1.78. The number of carbonyl (C=O) groups is 1. The summed E-state index contributed by atoms with van der Waals surface area (Å²) in [6.07, 6.45) is 6.10. The first-order valence-electron chi connectivity index (χ1n) is 5.92. The van der Waals surface area contributed by atoms with E-state index in [4.69, 9.17) is 10.8 Å². The van der Waals surface area contributed by atoms with Gasteiger partial charge in [0, 0.05) is 13.1 Å². The summed E-state index contributed by atoms with van der Waals surface area (Å²) in [5, 5.41) is 9.17. The molecule has 0 saturated carbocycles. The fourth-order valence-electron chi connectivity index (χ4n) is 2.17. The molecule has 0 atom stereocenters. The molecular formula is C12H17N3O2. The van der Waals surface area contributed by atoms with Gasteiger partial charge in [0.15, 0.2) is 0 Å². The molecule has 1 fully saturated rings. The lowest BCUT2D eigenvalue weighted by Crippen LogP contribution is -2.27. The maximum Gasteiger partial charge on any atom is 0.339 e. The summed E-state index contributed by atoms with van der Waals surface area (Å²) in [6, 6.07) is 1.48. The Morgan fingerprint density at radius 1 is 1.29 bits per heavy atom. The second-order valence-electron chi connectivity index (χ2n) is 4.35. The van der Waals surface area contributed by atoms with Crippen molar-refractivity contribution in [2.75, 3.05) is 23.7 Å². The van der Waals surface area contributed by atoms with Gasteiger partial charge in [0.1, 0.15) is 11.4 Å². The van der Waals surface area contributed by atoms with Crippen LogP contribution in [-0.2, 0) is 0 Å². The second kappa shape index (κ2) is 5.03. The van der Waals surface area contributed by atoms with Gasteiger partial charge in [0.2, 0.25) is 0 Å². The quantitative estimate of drug-likeness (QED) is 0.816. The van der Waals surface area contributed by atoms with Gasteiger partial charge in [0.05, 0.1) is 11.9 Å². The summed E-state index contributed by atoms with van der Waals surface area (Å²) >= 11 is 0. The molecule has 0 aromatic carbocycles. The summed E-state index contributed by atoms with van der Waals surface area (Å²) in [5.74, 6) is -0.419. The van der Waals surface area contributed by atoms with E-state index in [1.165, 1.54) is 25.1 Å². The van der Waals surface area contributed by atoms with E-state index in [9.17, 15) is 4.79 Å². The summed E-state index contributed by atoms with van der Waals surface area (Å²) in [5.41, 5.74) is 6.17. The normalized spacial score (nSPS) is 16.6. The molecule has 1 aliphatic heterocycles. The number of hydrogen-bond donors (Lipinski definition) is 2. The molecule has 5 nitrogen and oxygen atoms in total. The van der Waals surface area contributed by atoms with Crippen molar-refractivity contribution >= 4 is 17.5 Å². The Labute approximate surface area is 100 Å². The van der Waals surface area contributed by atoms with Crippen LogP contribution in [0.15, 0.2) is 12.3 Å². The molecule has 0 bridgehead atoms. The van der Waals surface area contributed by atoms with E-state index in [2.05, 4.69) is 9.88 Å². The molecule has 0 aliphatic carbocycles. The average molecular weight is 235 g/mol. The van der Waals surface area contributed by atoms with Crippen LogP contribution in [-0.4, -0.2) is 29.1 Å². The van der Waals surface area contributed by atoms with Crippen LogP contribution in [0, 0.1) is 0 Å². The molecule has 0 radical (unpaired) electrons. The standard InChI is InChI=1S/C12H17N3O2/c13-9-7-10(12(16)17)11(14-8-9)15-5-3-1-2-4-6-15/h7-8H,1-6,13H2,(H,16,17). The molecule has 3 N–H and O–H groups in total. The minimum Gasteiger partial charge on any atom is -0.478 e. The topological polar surface area (TPSA) is 79.5 Å². The first-order chi connectivity index (χ1) is 8.18. The number of nitrogens with zero attached hydrogens (tertiary/aromatic N) is 2. The van der Waals surface area contributed by atoms with Gasteiger partial charge in [-0.15, -0.1) is 0 Å². The van der Waals surface area contributed by atoms with Gasteiger partial charge in [0.25, 0.3) is 0 Å². The Morgan fingerprint density at radius 2 is 1.94 bits per heavy atom. The number of carboxylic acid groups (broad SMARTS) is 1. The third-order valence-electron chi connectivity index (χ3n) is 3.02. The zero-order valence-electron chi connectivity index (χ0n) is 9.72. The maximum atomic E-state index is 11.2. The van der Waals surface area contributed by atoms with Crippen molar-refractivity contribution in [3.8, 4) is 0 Å². The van der Waals surface area contributed by atoms with E-state index in [1.807, 2.05) is 0 Å². The van der Waals surface area contributed by atoms with Crippen LogP contribution in [0.25, 0.3) is 0 Å². The fourth-order valence-corrected chi connectivity index (χ4v) is 2.17. The molecule has 1 aromatic rings. The van der Waals surface area contributed by atoms with Gasteiger partial charge in [-0.05, 0) is 18.9 Å². The molecule has 92 valence electrons. The van der Waals surface area contributed by atoms with E-state index in [0.29, 0.717) is 11.5 Å². The molecule has 1 aliphatic rings. The van der Waals surface area contributed by atoms with Gasteiger partial charge in [-0.2, -0.15) is 0 Å². The molecule has 0 amide bonds. The van der Waals surface area contributed by atoms with Crippen LogP contribution < -0.4 is 10.6 Å². The largest absolute Gasteiger partial charge is 0.478 e. The zero-order chi connectivity index (χ0) is 12.3. The number of aromatic nitrogens is 1. The SMILES string of the molecule is Nc1cnc(N2CCCCCC2)c(C(=O)O)c1. The molecular weight excluding hydrogens is 218 g/mol. The lowest BCUT2D eigenvalue weighted by molar-refractivity contribution is 0.0697. The molecule has 1 saturated heterocycles. The van der Waals surface area contributed by atoms with Crippen molar-refractivity contribution in [1.29, 1.82) is 0 Å². The van der Waals surface area contributed by atoms with Crippen molar-refractivity contribution in [2.24, 2.45) is 0 Å². The number of nitrogens with two attached hydrogens (primary N) is 1. The molecule has 5 heteroatoms. The summed E-state index contributed by atoms with van der Waals surface area (Å²) in [4.78, 5) is 17.4. The fraction of sp³-hybridized carbons (Fsp3) is 0.500. The minimum absolute atomic E-state index is 0.201. The first-order valence-corrected chi connectivity index (χ1v) is 5.92. The van der Waals surface area contributed by atoms with Gasteiger partial charge in [-0.25, -0.2) is 9.78 Å². The van der Waals surface area contributed by atoms with Gasteiger partial charge < -0.3 is 15.7 Å². The summed E-state index contributed by atoms with van der Waals surface area (Å²) in [6.45, 7) is 1.74. The van der Waals surface area contributed by atoms with Crippen LogP contribution in [0.4, 0.5) is 11.5 Å². The predicted molar refractivity (Wildman–Crippen MR) is 66.3 cm³/mol. The van der Waals surface area contributed by atoms with Gasteiger partial charge in [-0.1, -0.05) is 12.8 Å². The highest BCUT2D eigenvalue weighted by molar-refractivity contribution is 5.94. The zero-order valence-corrected chi connectivity index (χ0v) is 9.72. The number of carboxylic acids is 1. The first kappa shape index (κ1) is 11.7. The van der Waals surface area contributed by atoms with Crippen LogP contribution in [0.2, 0.25) is 0 Å². The highest BCUT2D eigenvalue weighted by Crippen LogP contribution is 2.23. The Balaban J connectivity index is 2.32. The molecule has 1 aromatic heterocycles. The third kappa shape index (κ3) is 2.67. The number of anilines is 2. The lowest BCUT2D eigenvalue weighted by Gasteiger charge is -2.23.